The lowest BCUT2D eigenvalue weighted by Crippen LogP contribution is -2.51. The number of hydrogen-bond donors (Lipinski definition) is 0. The van der Waals surface area contributed by atoms with Crippen molar-refractivity contribution in [3.63, 3.8) is 0 Å². The molecule has 3 aromatic rings. The third-order valence-electron chi connectivity index (χ3n) is 4.81. The minimum atomic E-state index is -0.570. The smallest absolute Gasteiger partial charge is 0.261 e. The van der Waals surface area contributed by atoms with Gasteiger partial charge in [0.25, 0.3) is 5.56 Å². The monoisotopic (exact) mass is 334 g/mol. The van der Waals surface area contributed by atoms with Crippen LogP contribution in [0.4, 0.5) is 0 Å². The lowest BCUT2D eigenvalue weighted by Gasteiger charge is -2.40. The predicted octanol–water partition coefficient (Wildman–Crippen LogP) is 1.98. The zero-order valence-corrected chi connectivity index (χ0v) is 13.9. The van der Waals surface area contributed by atoms with Gasteiger partial charge >= 0.3 is 0 Å². The summed E-state index contributed by atoms with van der Waals surface area (Å²) in [5, 5.41) is 0.529. The molecule has 0 saturated carbocycles. The summed E-state index contributed by atoms with van der Waals surface area (Å²) in [4.78, 5) is 35.5. The molecule has 3 heterocycles. The zero-order valence-electron chi connectivity index (χ0n) is 13.9. The van der Waals surface area contributed by atoms with E-state index in [0.29, 0.717) is 29.9 Å². The average Bonchev–Trinajstić information content (AvgIpc) is 2.61. The molecule has 1 saturated heterocycles. The molecule has 126 valence electrons. The maximum Gasteiger partial charge on any atom is 0.261 e. The molecule has 6 heteroatoms. The first kappa shape index (κ1) is 15.5. The number of amides is 1. The van der Waals surface area contributed by atoms with Crippen molar-refractivity contribution >= 4 is 16.8 Å². The van der Waals surface area contributed by atoms with E-state index < -0.39 is 6.04 Å². The highest BCUT2D eigenvalue weighted by atomic mass is 16.2. The van der Waals surface area contributed by atoms with Crippen LogP contribution in [0.1, 0.15) is 24.4 Å². The highest BCUT2D eigenvalue weighted by Crippen LogP contribution is 2.28. The van der Waals surface area contributed by atoms with Crippen molar-refractivity contribution in [3.8, 4) is 0 Å². The molecule has 2 aromatic heterocycles. The predicted molar refractivity (Wildman–Crippen MR) is 94.3 cm³/mol. The molecule has 0 unspecified atom stereocenters. The Morgan fingerprint density at radius 1 is 1.20 bits per heavy atom. The first-order valence-electron chi connectivity index (χ1n) is 8.30. The molecule has 1 aliphatic heterocycles. The molecular weight excluding hydrogens is 316 g/mol. The van der Waals surface area contributed by atoms with E-state index in [9.17, 15) is 9.59 Å². The number of pyridine rings is 1. The number of aromatic nitrogens is 3. The highest BCUT2D eigenvalue weighted by molar-refractivity contribution is 5.82. The van der Waals surface area contributed by atoms with Gasteiger partial charge < -0.3 is 4.90 Å². The number of carbonyl (C=O) groups is 1. The van der Waals surface area contributed by atoms with E-state index in [1.54, 1.807) is 36.2 Å². The van der Waals surface area contributed by atoms with Crippen LogP contribution >= 0.6 is 0 Å². The lowest BCUT2D eigenvalue weighted by atomic mass is 9.92. The number of likely N-dealkylation sites (tertiary alicyclic amines) is 1. The molecule has 6 nitrogen and oxygen atoms in total. The summed E-state index contributed by atoms with van der Waals surface area (Å²) in [6.45, 7) is 3.06. The summed E-state index contributed by atoms with van der Waals surface area (Å²) in [6, 6.07) is 10.5. The van der Waals surface area contributed by atoms with E-state index in [2.05, 4.69) is 9.97 Å². The van der Waals surface area contributed by atoms with Gasteiger partial charge in [0.2, 0.25) is 5.91 Å². The summed E-state index contributed by atoms with van der Waals surface area (Å²) < 4.78 is 1.42. The van der Waals surface area contributed by atoms with Gasteiger partial charge in [-0.2, -0.15) is 0 Å². The van der Waals surface area contributed by atoms with E-state index in [4.69, 9.17) is 0 Å². The van der Waals surface area contributed by atoms with Crippen molar-refractivity contribution in [2.75, 3.05) is 13.1 Å². The Hall–Kier alpha value is -3.02. The van der Waals surface area contributed by atoms with Crippen LogP contribution in [0.2, 0.25) is 0 Å². The molecule has 0 spiro atoms. The van der Waals surface area contributed by atoms with Crippen LogP contribution in [0.3, 0.4) is 0 Å². The number of benzene rings is 1. The van der Waals surface area contributed by atoms with E-state index in [1.807, 2.05) is 24.4 Å². The molecule has 25 heavy (non-hydrogen) atoms. The van der Waals surface area contributed by atoms with E-state index in [0.717, 1.165) is 5.56 Å². The summed E-state index contributed by atoms with van der Waals surface area (Å²) in [7, 11) is 0. The Kier molecular flexibility index (Phi) is 3.80. The molecule has 1 aliphatic rings. The van der Waals surface area contributed by atoms with Crippen LogP contribution in [0.15, 0.2) is 59.9 Å². The number of rotatable bonds is 3. The van der Waals surface area contributed by atoms with Gasteiger partial charge in [-0.15, -0.1) is 0 Å². The average molecular weight is 334 g/mol. The van der Waals surface area contributed by atoms with Crippen molar-refractivity contribution in [2.45, 2.75) is 18.9 Å². The van der Waals surface area contributed by atoms with Crippen LogP contribution in [0.25, 0.3) is 10.9 Å². The molecule has 0 bridgehead atoms. The normalized spacial score (nSPS) is 15.8. The second-order valence-corrected chi connectivity index (χ2v) is 6.38. The van der Waals surface area contributed by atoms with Crippen molar-refractivity contribution in [2.24, 2.45) is 0 Å². The van der Waals surface area contributed by atoms with Gasteiger partial charge in [-0.05, 0) is 30.7 Å². The lowest BCUT2D eigenvalue weighted by molar-refractivity contribution is -0.138. The van der Waals surface area contributed by atoms with Crippen molar-refractivity contribution in [1.29, 1.82) is 0 Å². The van der Waals surface area contributed by atoms with E-state index in [-0.39, 0.29) is 11.5 Å². The van der Waals surface area contributed by atoms with Gasteiger partial charge in [-0.25, -0.2) is 4.98 Å². The molecule has 0 aliphatic carbocycles. The Morgan fingerprint density at radius 2 is 2.00 bits per heavy atom. The Labute approximate surface area is 144 Å². The molecule has 1 fully saturated rings. The number of para-hydroxylation sites is 1. The molecule has 1 atom stereocenters. The molecule has 0 N–H and O–H groups in total. The standard InChI is InChI=1S/C19H18N4O2/c1-13(23-12-21-17-7-3-2-6-16(17)19(23)25)18(24)22-10-15(11-22)14-5-4-8-20-9-14/h2-9,12-13,15H,10-11H2,1H3/t13-/m0/s1. The number of nitrogens with zero attached hydrogens (tertiary/aromatic N) is 4. The largest absolute Gasteiger partial charge is 0.340 e. The second kappa shape index (κ2) is 6.12. The number of carbonyl (C=O) groups excluding carboxylic acids is 1. The molecule has 0 radical (unpaired) electrons. The van der Waals surface area contributed by atoms with Crippen LogP contribution in [-0.4, -0.2) is 38.4 Å². The summed E-state index contributed by atoms with van der Waals surface area (Å²) in [5.74, 6) is 0.260. The fourth-order valence-electron chi connectivity index (χ4n) is 3.23. The van der Waals surface area contributed by atoms with Gasteiger partial charge in [-0.1, -0.05) is 18.2 Å². The first-order chi connectivity index (χ1) is 12.1. The summed E-state index contributed by atoms with van der Waals surface area (Å²) in [5.41, 5.74) is 1.60. The third kappa shape index (κ3) is 2.69. The summed E-state index contributed by atoms with van der Waals surface area (Å²) in [6.07, 6.45) is 5.05. The van der Waals surface area contributed by atoms with Gasteiger partial charge in [0, 0.05) is 31.4 Å². The fourth-order valence-corrected chi connectivity index (χ4v) is 3.23. The Morgan fingerprint density at radius 3 is 2.76 bits per heavy atom. The van der Waals surface area contributed by atoms with Crippen LogP contribution in [-0.2, 0) is 4.79 Å². The SMILES string of the molecule is C[C@@H](C(=O)N1CC(c2cccnc2)C1)n1cnc2ccccc2c1=O. The molecular formula is C19H18N4O2. The van der Waals surface area contributed by atoms with Gasteiger partial charge in [-0.3, -0.25) is 19.1 Å². The van der Waals surface area contributed by atoms with Gasteiger partial charge in [0.1, 0.15) is 6.04 Å². The van der Waals surface area contributed by atoms with Crippen LogP contribution < -0.4 is 5.56 Å². The zero-order chi connectivity index (χ0) is 17.4. The summed E-state index contributed by atoms with van der Waals surface area (Å²) >= 11 is 0. The molecule has 1 amide bonds. The molecule has 1 aromatic carbocycles. The van der Waals surface area contributed by atoms with E-state index in [1.165, 1.54) is 10.9 Å². The quantitative estimate of drug-likeness (QED) is 0.734. The van der Waals surface area contributed by atoms with Gasteiger partial charge in [0.15, 0.2) is 0 Å². The van der Waals surface area contributed by atoms with Crippen molar-refractivity contribution in [3.05, 3.63) is 71.0 Å². The minimum absolute atomic E-state index is 0.0562. The van der Waals surface area contributed by atoms with Crippen LogP contribution in [0.5, 0.6) is 0 Å². The fraction of sp³-hybridized carbons (Fsp3) is 0.263. The highest BCUT2D eigenvalue weighted by Gasteiger charge is 2.34. The van der Waals surface area contributed by atoms with E-state index >= 15 is 0 Å². The maximum absolute atomic E-state index is 12.7. The van der Waals surface area contributed by atoms with Crippen molar-refractivity contribution in [1.82, 2.24) is 19.4 Å². The Bertz CT molecular complexity index is 977. The maximum atomic E-state index is 12.7. The first-order valence-corrected chi connectivity index (χ1v) is 8.30. The van der Waals surface area contributed by atoms with Crippen molar-refractivity contribution < 1.29 is 4.79 Å². The third-order valence-corrected chi connectivity index (χ3v) is 4.81. The Balaban J connectivity index is 1.52. The minimum Gasteiger partial charge on any atom is -0.340 e. The number of fused-ring (bicyclic) bond motifs is 1. The topological polar surface area (TPSA) is 68.1 Å². The van der Waals surface area contributed by atoms with Gasteiger partial charge in [0.05, 0.1) is 17.2 Å². The number of hydrogen-bond acceptors (Lipinski definition) is 4. The molecule has 4 rings (SSSR count). The van der Waals surface area contributed by atoms with Crippen LogP contribution in [0, 0.1) is 0 Å². The second-order valence-electron chi connectivity index (χ2n) is 6.38.